The van der Waals surface area contributed by atoms with Crippen LogP contribution in [-0.4, -0.2) is 37.8 Å². The maximum absolute atomic E-state index is 5.82. The number of hydrogen-bond donors (Lipinski definition) is 1. The molecule has 5 heteroatoms. The number of nitrogens with zero attached hydrogens (tertiary/aromatic N) is 2. The fourth-order valence-electron chi connectivity index (χ4n) is 2.55. The van der Waals surface area contributed by atoms with Crippen LogP contribution in [0.5, 0.6) is 0 Å². The van der Waals surface area contributed by atoms with Crippen molar-refractivity contribution in [1.82, 2.24) is 10.3 Å². The van der Waals surface area contributed by atoms with Gasteiger partial charge in [-0.1, -0.05) is 6.92 Å². The van der Waals surface area contributed by atoms with Gasteiger partial charge in [0.15, 0.2) is 0 Å². The van der Waals surface area contributed by atoms with E-state index in [0.717, 1.165) is 43.0 Å². The molecule has 1 N–H and O–H groups in total. The van der Waals surface area contributed by atoms with Gasteiger partial charge in [-0.25, -0.2) is 4.98 Å². The van der Waals surface area contributed by atoms with Gasteiger partial charge in [0.25, 0.3) is 0 Å². The minimum Gasteiger partial charge on any atom is -0.376 e. The summed E-state index contributed by atoms with van der Waals surface area (Å²) in [6.07, 6.45) is 5.83. The van der Waals surface area contributed by atoms with E-state index >= 15 is 0 Å². The molecular formula is C15H24BrN3O. The summed E-state index contributed by atoms with van der Waals surface area (Å²) in [6, 6.07) is 2.14. The van der Waals surface area contributed by atoms with Crippen LogP contribution in [0.2, 0.25) is 0 Å². The Morgan fingerprint density at radius 2 is 2.35 bits per heavy atom. The van der Waals surface area contributed by atoms with E-state index in [1.54, 1.807) is 0 Å². The van der Waals surface area contributed by atoms with Crippen LogP contribution < -0.4 is 10.2 Å². The Labute approximate surface area is 130 Å². The summed E-state index contributed by atoms with van der Waals surface area (Å²) in [5.41, 5.74) is 1.22. The molecule has 0 amide bonds. The van der Waals surface area contributed by atoms with Crippen molar-refractivity contribution in [2.45, 2.75) is 38.8 Å². The molecule has 112 valence electrons. The lowest BCUT2D eigenvalue weighted by Gasteiger charge is -2.29. The lowest BCUT2D eigenvalue weighted by atomic mass is 10.1. The first-order chi connectivity index (χ1) is 9.70. The number of rotatable bonds is 6. The van der Waals surface area contributed by atoms with Crippen molar-refractivity contribution < 1.29 is 4.74 Å². The Morgan fingerprint density at radius 1 is 1.50 bits per heavy atom. The zero-order chi connectivity index (χ0) is 14.4. The zero-order valence-electron chi connectivity index (χ0n) is 12.4. The number of anilines is 1. The summed E-state index contributed by atoms with van der Waals surface area (Å²) in [5.74, 6) is 1.04. The van der Waals surface area contributed by atoms with E-state index in [4.69, 9.17) is 4.74 Å². The molecule has 1 aromatic rings. The zero-order valence-corrected chi connectivity index (χ0v) is 13.9. The van der Waals surface area contributed by atoms with Crippen molar-refractivity contribution in [1.29, 1.82) is 0 Å². The number of halogens is 1. The van der Waals surface area contributed by atoms with Gasteiger partial charge in [-0.3, -0.25) is 0 Å². The Morgan fingerprint density at radius 3 is 3.05 bits per heavy atom. The molecular weight excluding hydrogens is 318 g/mol. The summed E-state index contributed by atoms with van der Waals surface area (Å²) in [4.78, 5) is 6.80. The second-order valence-corrected chi connectivity index (χ2v) is 6.20. The molecule has 2 rings (SSSR count). The van der Waals surface area contributed by atoms with Crippen LogP contribution in [0.15, 0.2) is 16.7 Å². The van der Waals surface area contributed by atoms with Crippen molar-refractivity contribution in [3.63, 3.8) is 0 Å². The van der Waals surface area contributed by atoms with E-state index in [2.05, 4.69) is 51.2 Å². The number of aromatic nitrogens is 1. The van der Waals surface area contributed by atoms with Crippen molar-refractivity contribution in [3.8, 4) is 0 Å². The summed E-state index contributed by atoms with van der Waals surface area (Å²) in [7, 11) is 2.10. The molecule has 1 aliphatic rings. The van der Waals surface area contributed by atoms with Crippen LogP contribution in [0, 0.1) is 0 Å². The second kappa shape index (κ2) is 7.96. The molecule has 20 heavy (non-hydrogen) atoms. The lowest BCUT2D eigenvalue weighted by Crippen LogP contribution is -2.34. The highest BCUT2D eigenvalue weighted by molar-refractivity contribution is 9.10. The summed E-state index contributed by atoms with van der Waals surface area (Å²) < 4.78 is 6.85. The highest BCUT2D eigenvalue weighted by atomic mass is 79.9. The summed E-state index contributed by atoms with van der Waals surface area (Å²) in [5, 5.41) is 3.37. The monoisotopic (exact) mass is 341 g/mol. The van der Waals surface area contributed by atoms with Crippen LogP contribution in [0.3, 0.4) is 0 Å². The fraction of sp³-hybridized carbons (Fsp3) is 0.667. The molecule has 0 saturated carbocycles. The van der Waals surface area contributed by atoms with Gasteiger partial charge in [-0.2, -0.15) is 0 Å². The van der Waals surface area contributed by atoms with Gasteiger partial charge in [0, 0.05) is 43.0 Å². The van der Waals surface area contributed by atoms with Crippen LogP contribution in [-0.2, 0) is 11.3 Å². The first-order valence-corrected chi connectivity index (χ1v) is 8.18. The SMILES string of the molecule is CCNCc1cc(Br)cnc1N(C)CC1CCCCO1. The van der Waals surface area contributed by atoms with E-state index < -0.39 is 0 Å². The Hall–Kier alpha value is -0.650. The minimum atomic E-state index is 0.339. The lowest BCUT2D eigenvalue weighted by molar-refractivity contribution is 0.0215. The molecule has 0 spiro atoms. The smallest absolute Gasteiger partial charge is 0.132 e. The van der Waals surface area contributed by atoms with E-state index in [-0.39, 0.29) is 0 Å². The minimum absolute atomic E-state index is 0.339. The van der Waals surface area contributed by atoms with E-state index in [1.807, 2.05) is 6.20 Å². The molecule has 0 aliphatic carbocycles. The predicted octanol–water partition coefficient (Wildman–Crippen LogP) is 2.96. The molecule has 0 aromatic carbocycles. The molecule has 1 aliphatic heterocycles. The maximum Gasteiger partial charge on any atom is 0.132 e. The first-order valence-electron chi connectivity index (χ1n) is 7.38. The first kappa shape index (κ1) is 15.7. The van der Waals surface area contributed by atoms with Gasteiger partial charge in [-0.15, -0.1) is 0 Å². The Bertz CT molecular complexity index is 422. The summed E-state index contributed by atoms with van der Waals surface area (Å²) >= 11 is 3.50. The average Bonchev–Trinajstić information content (AvgIpc) is 2.46. The van der Waals surface area contributed by atoms with Crippen LogP contribution in [0.4, 0.5) is 5.82 Å². The van der Waals surface area contributed by atoms with Crippen molar-refractivity contribution in [2.24, 2.45) is 0 Å². The molecule has 2 heterocycles. The molecule has 0 radical (unpaired) electrons. The Kier molecular flexibility index (Phi) is 6.26. The van der Waals surface area contributed by atoms with Crippen LogP contribution in [0.1, 0.15) is 31.7 Å². The number of pyridine rings is 1. The van der Waals surface area contributed by atoms with E-state index in [9.17, 15) is 0 Å². The van der Waals surface area contributed by atoms with Crippen molar-refractivity contribution in [3.05, 3.63) is 22.3 Å². The number of hydrogen-bond acceptors (Lipinski definition) is 4. The van der Waals surface area contributed by atoms with Crippen molar-refractivity contribution in [2.75, 3.05) is 31.6 Å². The molecule has 1 atom stereocenters. The molecule has 0 bridgehead atoms. The topological polar surface area (TPSA) is 37.4 Å². The normalized spacial score (nSPS) is 19.1. The molecule has 1 aromatic heterocycles. The van der Waals surface area contributed by atoms with E-state index in [1.165, 1.54) is 18.4 Å². The number of ether oxygens (including phenoxy) is 1. The maximum atomic E-state index is 5.82. The van der Waals surface area contributed by atoms with Gasteiger partial charge >= 0.3 is 0 Å². The quantitative estimate of drug-likeness (QED) is 0.863. The second-order valence-electron chi connectivity index (χ2n) is 5.29. The average molecular weight is 342 g/mol. The number of nitrogens with one attached hydrogen (secondary N) is 1. The van der Waals surface area contributed by atoms with Crippen molar-refractivity contribution >= 4 is 21.7 Å². The highest BCUT2D eigenvalue weighted by Crippen LogP contribution is 2.22. The fourth-order valence-corrected chi connectivity index (χ4v) is 2.93. The predicted molar refractivity (Wildman–Crippen MR) is 86.2 cm³/mol. The third-order valence-corrected chi connectivity index (χ3v) is 4.02. The van der Waals surface area contributed by atoms with Gasteiger partial charge in [0.1, 0.15) is 5.82 Å². The van der Waals surface area contributed by atoms with Gasteiger partial charge in [0.2, 0.25) is 0 Å². The van der Waals surface area contributed by atoms with Gasteiger partial charge in [0.05, 0.1) is 6.10 Å². The largest absolute Gasteiger partial charge is 0.376 e. The standard InChI is InChI=1S/C15H24BrN3O/c1-3-17-9-12-8-13(16)10-18-15(12)19(2)11-14-6-4-5-7-20-14/h8,10,14,17H,3-7,9,11H2,1-2H3. The molecule has 4 nitrogen and oxygen atoms in total. The Balaban J connectivity index is 2.05. The summed E-state index contributed by atoms with van der Waals surface area (Å²) in [6.45, 7) is 5.73. The molecule has 1 fully saturated rings. The third kappa shape index (κ3) is 4.43. The molecule has 1 unspecified atom stereocenters. The third-order valence-electron chi connectivity index (χ3n) is 3.59. The highest BCUT2D eigenvalue weighted by Gasteiger charge is 2.18. The van der Waals surface area contributed by atoms with Gasteiger partial charge in [-0.05, 0) is 47.8 Å². The van der Waals surface area contributed by atoms with Crippen LogP contribution >= 0.6 is 15.9 Å². The van der Waals surface area contributed by atoms with Gasteiger partial charge < -0.3 is 15.0 Å². The number of likely N-dealkylation sites (N-methyl/N-ethyl adjacent to an activating group) is 1. The van der Waals surface area contributed by atoms with E-state index in [0.29, 0.717) is 6.10 Å². The molecule has 1 saturated heterocycles. The van der Waals surface area contributed by atoms with Crippen LogP contribution in [0.25, 0.3) is 0 Å².